The lowest BCUT2D eigenvalue weighted by molar-refractivity contribution is -0.132. The van der Waals surface area contributed by atoms with Gasteiger partial charge < -0.3 is 10.2 Å². The zero-order chi connectivity index (χ0) is 13.1. The van der Waals surface area contributed by atoms with Gasteiger partial charge in [0.15, 0.2) is 0 Å². The number of nitrogens with zero attached hydrogens (tertiary/aromatic N) is 1. The molecule has 1 fully saturated rings. The van der Waals surface area contributed by atoms with E-state index in [1.54, 1.807) is 0 Å². The summed E-state index contributed by atoms with van der Waals surface area (Å²) in [4.78, 5) is 15.8. The number of hydrogen-bond donors (Lipinski definition) is 1. The summed E-state index contributed by atoms with van der Waals surface area (Å²) in [5.74, 6) is 1.06. The van der Waals surface area contributed by atoms with E-state index in [1.165, 1.54) is 23.3 Å². The number of fused-ring (bicyclic) bond motifs is 1. The topological polar surface area (TPSA) is 32.3 Å². The summed E-state index contributed by atoms with van der Waals surface area (Å²) in [6.07, 6.45) is 5.38. The highest BCUT2D eigenvalue weighted by molar-refractivity contribution is 7.10. The second-order valence-electron chi connectivity index (χ2n) is 5.69. The lowest BCUT2D eigenvalue weighted by Gasteiger charge is -2.28. The molecule has 0 aliphatic carbocycles. The van der Waals surface area contributed by atoms with E-state index in [1.807, 2.05) is 16.2 Å². The first-order chi connectivity index (χ1) is 9.33. The fraction of sp³-hybridized carbons (Fsp3) is 0.667. The maximum absolute atomic E-state index is 12.3. The molecule has 1 saturated heterocycles. The van der Waals surface area contributed by atoms with E-state index in [2.05, 4.69) is 16.8 Å². The predicted molar refractivity (Wildman–Crippen MR) is 78.3 cm³/mol. The second-order valence-corrected chi connectivity index (χ2v) is 6.69. The van der Waals surface area contributed by atoms with Crippen molar-refractivity contribution in [2.24, 2.45) is 5.92 Å². The zero-order valence-corrected chi connectivity index (χ0v) is 12.2. The van der Waals surface area contributed by atoms with Gasteiger partial charge in [-0.05, 0) is 61.7 Å². The van der Waals surface area contributed by atoms with Gasteiger partial charge in [-0.2, -0.15) is 0 Å². The van der Waals surface area contributed by atoms with Crippen molar-refractivity contribution < 1.29 is 4.79 Å². The first-order valence-electron chi connectivity index (χ1n) is 7.36. The van der Waals surface area contributed by atoms with E-state index in [4.69, 9.17) is 0 Å². The molecule has 0 spiro atoms. The van der Waals surface area contributed by atoms with Crippen molar-refractivity contribution in [3.63, 3.8) is 0 Å². The Balaban J connectivity index is 1.48. The van der Waals surface area contributed by atoms with Crippen LogP contribution in [0.4, 0.5) is 0 Å². The maximum atomic E-state index is 12.3. The number of nitrogens with one attached hydrogen (secondary N) is 1. The molecule has 4 heteroatoms. The van der Waals surface area contributed by atoms with E-state index in [-0.39, 0.29) is 0 Å². The quantitative estimate of drug-likeness (QED) is 0.921. The molecule has 1 unspecified atom stereocenters. The van der Waals surface area contributed by atoms with Crippen molar-refractivity contribution in [3.8, 4) is 0 Å². The maximum Gasteiger partial charge on any atom is 0.222 e. The van der Waals surface area contributed by atoms with E-state index in [0.29, 0.717) is 11.8 Å². The summed E-state index contributed by atoms with van der Waals surface area (Å²) in [6.45, 7) is 4.00. The third kappa shape index (κ3) is 3.18. The van der Waals surface area contributed by atoms with E-state index < -0.39 is 0 Å². The molecule has 1 aromatic heterocycles. The van der Waals surface area contributed by atoms with Gasteiger partial charge in [-0.1, -0.05) is 0 Å². The summed E-state index contributed by atoms with van der Waals surface area (Å²) >= 11 is 1.83. The molecule has 3 heterocycles. The van der Waals surface area contributed by atoms with Crippen LogP contribution < -0.4 is 5.32 Å². The highest BCUT2D eigenvalue weighted by Gasteiger charge is 2.22. The number of carbonyl (C=O) groups excluding carboxylic acids is 1. The summed E-state index contributed by atoms with van der Waals surface area (Å²) in [5.41, 5.74) is 1.36. The van der Waals surface area contributed by atoms with E-state index in [0.717, 1.165) is 45.4 Å². The lowest BCUT2D eigenvalue weighted by Crippen LogP contribution is -2.36. The Hall–Kier alpha value is -0.870. The SMILES string of the molecule is O=C(CCC1CCCNC1)N1CCc2sccc2C1. The largest absolute Gasteiger partial charge is 0.338 e. The molecule has 2 aliphatic rings. The molecule has 104 valence electrons. The molecular formula is C15H22N2OS. The van der Waals surface area contributed by atoms with Crippen LogP contribution in [0.1, 0.15) is 36.1 Å². The van der Waals surface area contributed by atoms with Crippen molar-refractivity contribution in [1.82, 2.24) is 10.2 Å². The molecule has 3 rings (SSSR count). The first kappa shape index (κ1) is 13.1. The number of piperidine rings is 1. The fourth-order valence-corrected chi connectivity index (χ4v) is 4.01. The Labute approximate surface area is 119 Å². The van der Waals surface area contributed by atoms with Gasteiger partial charge in [0, 0.05) is 24.4 Å². The second kappa shape index (κ2) is 6.06. The van der Waals surface area contributed by atoms with Crippen LogP contribution in [0.2, 0.25) is 0 Å². The summed E-state index contributed by atoms with van der Waals surface area (Å²) in [6, 6.07) is 2.17. The van der Waals surface area contributed by atoms with Gasteiger partial charge in [0.25, 0.3) is 0 Å². The van der Waals surface area contributed by atoms with Crippen LogP contribution in [0.5, 0.6) is 0 Å². The van der Waals surface area contributed by atoms with Gasteiger partial charge in [-0.25, -0.2) is 0 Å². The highest BCUT2D eigenvalue weighted by atomic mass is 32.1. The fourth-order valence-electron chi connectivity index (χ4n) is 3.12. The molecule has 2 aliphatic heterocycles. The van der Waals surface area contributed by atoms with Crippen molar-refractivity contribution in [3.05, 3.63) is 21.9 Å². The van der Waals surface area contributed by atoms with Crippen molar-refractivity contribution in [1.29, 1.82) is 0 Å². The minimum atomic E-state index is 0.349. The standard InChI is InChI=1S/C15H22N2OS/c18-15(4-3-12-2-1-7-16-10-12)17-8-5-14-13(11-17)6-9-19-14/h6,9,12,16H,1-5,7-8,10-11H2. The molecule has 1 amide bonds. The van der Waals surface area contributed by atoms with Crippen LogP contribution in [0.15, 0.2) is 11.4 Å². The number of hydrogen-bond acceptors (Lipinski definition) is 3. The molecular weight excluding hydrogens is 256 g/mol. The van der Waals surface area contributed by atoms with Gasteiger partial charge in [0.1, 0.15) is 0 Å². The third-order valence-corrected chi connectivity index (χ3v) is 5.35. The molecule has 0 aromatic carbocycles. The van der Waals surface area contributed by atoms with E-state index >= 15 is 0 Å². The normalized spacial score (nSPS) is 23.2. The molecule has 1 aromatic rings. The molecule has 3 nitrogen and oxygen atoms in total. The highest BCUT2D eigenvalue weighted by Crippen LogP contribution is 2.25. The van der Waals surface area contributed by atoms with Crippen LogP contribution in [0.3, 0.4) is 0 Å². The Morgan fingerprint density at radius 3 is 3.32 bits per heavy atom. The van der Waals surface area contributed by atoms with E-state index in [9.17, 15) is 4.79 Å². The van der Waals surface area contributed by atoms with Crippen LogP contribution >= 0.6 is 11.3 Å². The third-order valence-electron chi connectivity index (χ3n) is 4.33. The molecule has 19 heavy (non-hydrogen) atoms. The van der Waals surface area contributed by atoms with Gasteiger partial charge >= 0.3 is 0 Å². The van der Waals surface area contributed by atoms with Crippen LogP contribution in [-0.2, 0) is 17.8 Å². The zero-order valence-electron chi connectivity index (χ0n) is 11.4. The van der Waals surface area contributed by atoms with Gasteiger partial charge in [0.05, 0.1) is 0 Å². The smallest absolute Gasteiger partial charge is 0.222 e. The number of thiophene rings is 1. The number of amides is 1. The molecule has 0 saturated carbocycles. The van der Waals surface area contributed by atoms with Crippen LogP contribution in [-0.4, -0.2) is 30.4 Å². The average Bonchev–Trinajstić information content (AvgIpc) is 2.93. The molecule has 0 bridgehead atoms. The monoisotopic (exact) mass is 278 g/mol. The Morgan fingerprint density at radius 2 is 2.47 bits per heavy atom. The molecule has 1 atom stereocenters. The van der Waals surface area contributed by atoms with Crippen LogP contribution in [0.25, 0.3) is 0 Å². The summed E-state index contributed by atoms with van der Waals surface area (Å²) in [5, 5.41) is 5.57. The van der Waals surface area contributed by atoms with Gasteiger partial charge in [0.2, 0.25) is 5.91 Å². The Bertz CT molecular complexity index is 437. The Kier molecular flexibility index (Phi) is 4.18. The van der Waals surface area contributed by atoms with Crippen molar-refractivity contribution >= 4 is 17.2 Å². The molecule has 1 N–H and O–H groups in total. The first-order valence-corrected chi connectivity index (χ1v) is 8.24. The minimum Gasteiger partial charge on any atom is -0.338 e. The van der Waals surface area contributed by atoms with Crippen LogP contribution in [0, 0.1) is 5.92 Å². The number of rotatable bonds is 3. The minimum absolute atomic E-state index is 0.349. The van der Waals surface area contributed by atoms with Crippen molar-refractivity contribution in [2.75, 3.05) is 19.6 Å². The van der Waals surface area contributed by atoms with Crippen molar-refractivity contribution in [2.45, 2.75) is 38.6 Å². The lowest BCUT2D eigenvalue weighted by atomic mass is 9.94. The molecule has 0 radical (unpaired) electrons. The predicted octanol–water partition coefficient (Wildman–Crippen LogP) is 2.41. The number of carbonyl (C=O) groups is 1. The Morgan fingerprint density at radius 1 is 1.53 bits per heavy atom. The average molecular weight is 278 g/mol. The van der Waals surface area contributed by atoms with Gasteiger partial charge in [-0.15, -0.1) is 11.3 Å². The van der Waals surface area contributed by atoms with Gasteiger partial charge in [-0.3, -0.25) is 4.79 Å². The summed E-state index contributed by atoms with van der Waals surface area (Å²) in [7, 11) is 0. The summed E-state index contributed by atoms with van der Waals surface area (Å²) < 4.78 is 0.